The summed E-state index contributed by atoms with van der Waals surface area (Å²) in [5.74, 6) is 0.323. The number of hydrogen-bond acceptors (Lipinski definition) is 4. The van der Waals surface area contributed by atoms with Crippen LogP contribution in [0.2, 0.25) is 0 Å². The van der Waals surface area contributed by atoms with E-state index in [0.717, 1.165) is 35.1 Å². The van der Waals surface area contributed by atoms with Gasteiger partial charge in [0.1, 0.15) is 11.8 Å². The number of anilines is 1. The number of rotatable bonds is 8. The Morgan fingerprint density at radius 3 is 2.40 bits per heavy atom. The van der Waals surface area contributed by atoms with Crippen molar-refractivity contribution in [1.82, 2.24) is 5.32 Å². The molecule has 42 heavy (non-hydrogen) atoms. The predicted molar refractivity (Wildman–Crippen MR) is 166 cm³/mol. The second kappa shape index (κ2) is 11.7. The predicted octanol–water partition coefficient (Wildman–Crippen LogP) is 6.84. The summed E-state index contributed by atoms with van der Waals surface area (Å²) < 4.78 is 5.43. The van der Waals surface area contributed by atoms with Crippen LogP contribution in [0.1, 0.15) is 86.3 Å². The van der Waals surface area contributed by atoms with Gasteiger partial charge in [-0.25, -0.2) is 0 Å². The van der Waals surface area contributed by atoms with E-state index >= 15 is 0 Å². The van der Waals surface area contributed by atoms with Crippen LogP contribution in [0, 0.1) is 11.3 Å². The molecule has 3 aromatic carbocycles. The fourth-order valence-electron chi connectivity index (χ4n) is 7.21. The smallest absolute Gasteiger partial charge is 0.247 e. The Labute approximate surface area is 249 Å². The molecule has 0 spiro atoms. The van der Waals surface area contributed by atoms with Crippen molar-refractivity contribution in [3.63, 3.8) is 0 Å². The van der Waals surface area contributed by atoms with Crippen molar-refractivity contribution in [2.24, 2.45) is 11.3 Å². The molecule has 0 unspecified atom stereocenters. The summed E-state index contributed by atoms with van der Waals surface area (Å²) >= 11 is 0. The molecule has 5 rings (SSSR count). The van der Waals surface area contributed by atoms with Crippen LogP contribution in [0.3, 0.4) is 0 Å². The molecule has 6 heteroatoms. The van der Waals surface area contributed by atoms with E-state index in [9.17, 15) is 14.4 Å². The Hall–Kier alpha value is -3.93. The van der Waals surface area contributed by atoms with Gasteiger partial charge in [-0.3, -0.25) is 14.4 Å². The molecular weight excluding hydrogens is 524 g/mol. The first-order valence-electron chi connectivity index (χ1n) is 15.0. The number of benzene rings is 3. The van der Waals surface area contributed by atoms with Gasteiger partial charge in [-0.05, 0) is 65.0 Å². The molecule has 220 valence electrons. The zero-order chi connectivity index (χ0) is 30.1. The molecular formula is C36H42N2O4. The maximum atomic E-state index is 14.3. The molecule has 0 saturated heterocycles. The number of nitrogens with one attached hydrogen (secondary N) is 2. The SMILES string of the molecule is COc1ccccc1NC(=O)[C@@H](Cc1ccccc1)NC(=O)[C@]1(C)CCC[C@]2(C)c3ccc(C(C)C)cc3C(=O)C[C@@H]12. The topological polar surface area (TPSA) is 84.5 Å². The van der Waals surface area contributed by atoms with E-state index in [1.807, 2.05) is 49.4 Å². The maximum Gasteiger partial charge on any atom is 0.247 e. The Bertz CT molecular complexity index is 1480. The summed E-state index contributed by atoms with van der Waals surface area (Å²) in [5, 5.41) is 6.11. The third-order valence-electron chi connectivity index (χ3n) is 9.73. The van der Waals surface area contributed by atoms with Crippen LogP contribution in [0.15, 0.2) is 72.8 Å². The molecule has 0 radical (unpaired) electrons. The molecule has 2 N–H and O–H groups in total. The van der Waals surface area contributed by atoms with Crippen LogP contribution in [0.25, 0.3) is 0 Å². The zero-order valence-electron chi connectivity index (χ0n) is 25.3. The quantitative estimate of drug-likeness (QED) is 0.313. The van der Waals surface area contributed by atoms with Gasteiger partial charge in [0.25, 0.3) is 0 Å². The van der Waals surface area contributed by atoms with Crippen LogP contribution in [-0.4, -0.2) is 30.7 Å². The molecule has 0 bridgehead atoms. The standard InChI is InChI=1S/C36H42N2O4/c1-23(2)25-16-17-27-26(21-25)30(39)22-32-35(27,3)18-11-19-36(32,4)34(41)38-29(20-24-12-7-6-8-13-24)33(40)37-28-14-9-10-15-31(28)42-5/h6-10,12-17,21,23,29,32H,11,18-20,22H2,1-5H3,(H,37,40)(H,38,41)/t29-,32-,35-,36-/m1/s1. The Kier molecular flexibility index (Phi) is 8.27. The lowest BCUT2D eigenvalue weighted by molar-refractivity contribution is -0.140. The van der Waals surface area contributed by atoms with Crippen molar-refractivity contribution in [2.45, 2.75) is 77.2 Å². The summed E-state index contributed by atoms with van der Waals surface area (Å²) in [4.78, 5) is 41.6. The number of methoxy groups -OCH3 is 1. The molecule has 6 nitrogen and oxygen atoms in total. The van der Waals surface area contributed by atoms with Gasteiger partial charge >= 0.3 is 0 Å². The Morgan fingerprint density at radius 2 is 1.69 bits per heavy atom. The molecule has 3 aromatic rings. The van der Waals surface area contributed by atoms with E-state index in [2.05, 4.69) is 49.6 Å². The highest BCUT2D eigenvalue weighted by Crippen LogP contribution is 2.57. The summed E-state index contributed by atoms with van der Waals surface area (Å²) in [6.45, 7) is 8.48. The average Bonchev–Trinajstić information content (AvgIpc) is 2.98. The van der Waals surface area contributed by atoms with E-state index in [4.69, 9.17) is 4.74 Å². The fraction of sp³-hybridized carbons (Fsp3) is 0.417. The van der Waals surface area contributed by atoms with E-state index in [1.165, 1.54) is 0 Å². The van der Waals surface area contributed by atoms with Gasteiger partial charge in [-0.15, -0.1) is 0 Å². The summed E-state index contributed by atoms with van der Waals surface area (Å²) in [6.07, 6.45) is 3.12. The summed E-state index contributed by atoms with van der Waals surface area (Å²) in [6, 6.07) is 22.4. The van der Waals surface area contributed by atoms with Gasteiger partial charge < -0.3 is 15.4 Å². The third-order valence-corrected chi connectivity index (χ3v) is 9.73. The van der Waals surface area contributed by atoms with Crippen molar-refractivity contribution in [3.05, 3.63) is 95.1 Å². The molecule has 0 aromatic heterocycles. The van der Waals surface area contributed by atoms with Crippen LogP contribution in [0.5, 0.6) is 5.75 Å². The first-order chi connectivity index (χ1) is 20.1. The van der Waals surface area contributed by atoms with Gasteiger partial charge in [0.2, 0.25) is 11.8 Å². The second-order valence-corrected chi connectivity index (χ2v) is 12.7. The van der Waals surface area contributed by atoms with Crippen molar-refractivity contribution in [2.75, 3.05) is 12.4 Å². The fourth-order valence-corrected chi connectivity index (χ4v) is 7.21. The normalized spacial score (nSPS) is 23.9. The number of fused-ring (bicyclic) bond motifs is 3. The molecule has 1 fully saturated rings. The monoisotopic (exact) mass is 566 g/mol. The first kappa shape index (κ1) is 29.6. The minimum absolute atomic E-state index is 0.102. The molecule has 2 aliphatic carbocycles. The van der Waals surface area contributed by atoms with E-state index in [1.54, 1.807) is 19.2 Å². The number of carbonyl (C=O) groups is 3. The number of para-hydroxylation sites is 2. The van der Waals surface area contributed by atoms with Gasteiger partial charge in [-0.2, -0.15) is 0 Å². The molecule has 4 atom stereocenters. The van der Waals surface area contributed by atoms with Crippen LogP contribution in [-0.2, 0) is 21.4 Å². The van der Waals surface area contributed by atoms with Gasteiger partial charge in [0.15, 0.2) is 5.78 Å². The lowest BCUT2D eigenvalue weighted by atomic mass is 9.49. The van der Waals surface area contributed by atoms with E-state index in [0.29, 0.717) is 36.6 Å². The number of hydrogen-bond donors (Lipinski definition) is 2. The molecule has 2 aliphatic rings. The van der Waals surface area contributed by atoms with Gasteiger partial charge in [0.05, 0.1) is 18.2 Å². The number of Topliss-reactive ketones (excluding diaryl/α,β-unsaturated/α-hetero) is 1. The minimum Gasteiger partial charge on any atom is -0.495 e. The minimum atomic E-state index is -0.810. The number of amides is 2. The Morgan fingerprint density at radius 1 is 0.976 bits per heavy atom. The number of carbonyl (C=O) groups excluding carboxylic acids is 3. The lowest BCUT2D eigenvalue weighted by Gasteiger charge is -2.54. The maximum absolute atomic E-state index is 14.3. The highest BCUT2D eigenvalue weighted by molar-refractivity contribution is 6.02. The van der Waals surface area contributed by atoms with Crippen molar-refractivity contribution >= 4 is 23.3 Å². The molecule has 1 saturated carbocycles. The highest BCUT2D eigenvalue weighted by atomic mass is 16.5. The average molecular weight is 567 g/mol. The van der Waals surface area contributed by atoms with Gasteiger partial charge in [-0.1, -0.05) is 88.7 Å². The Balaban J connectivity index is 1.45. The van der Waals surface area contributed by atoms with E-state index in [-0.39, 0.29) is 28.9 Å². The summed E-state index contributed by atoms with van der Waals surface area (Å²) in [7, 11) is 1.56. The molecule has 0 aliphatic heterocycles. The summed E-state index contributed by atoms with van der Waals surface area (Å²) in [5.41, 5.74) is 3.40. The van der Waals surface area contributed by atoms with Crippen LogP contribution < -0.4 is 15.4 Å². The van der Waals surface area contributed by atoms with Crippen LogP contribution >= 0.6 is 0 Å². The zero-order valence-corrected chi connectivity index (χ0v) is 25.3. The van der Waals surface area contributed by atoms with E-state index < -0.39 is 11.5 Å². The lowest BCUT2D eigenvalue weighted by Crippen LogP contribution is -2.58. The number of ketones is 1. The molecule has 0 heterocycles. The van der Waals surface area contributed by atoms with Crippen molar-refractivity contribution in [1.29, 1.82) is 0 Å². The van der Waals surface area contributed by atoms with Crippen molar-refractivity contribution in [3.8, 4) is 5.75 Å². The first-order valence-corrected chi connectivity index (χ1v) is 15.0. The number of ether oxygens (including phenoxy) is 1. The molecule has 2 amide bonds. The third kappa shape index (κ3) is 5.47. The highest BCUT2D eigenvalue weighted by Gasteiger charge is 2.57. The second-order valence-electron chi connectivity index (χ2n) is 12.7. The van der Waals surface area contributed by atoms with Crippen molar-refractivity contribution < 1.29 is 19.1 Å². The van der Waals surface area contributed by atoms with Gasteiger partial charge in [0, 0.05) is 18.4 Å². The largest absolute Gasteiger partial charge is 0.495 e. The van der Waals surface area contributed by atoms with Crippen LogP contribution in [0.4, 0.5) is 5.69 Å².